The highest BCUT2D eigenvalue weighted by atomic mass is 79.9. The van der Waals surface area contributed by atoms with Gasteiger partial charge in [-0.2, -0.15) is 10.1 Å². The van der Waals surface area contributed by atoms with Gasteiger partial charge in [0.25, 0.3) is 5.91 Å². The third-order valence-corrected chi connectivity index (χ3v) is 6.41. The van der Waals surface area contributed by atoms with Gasteiger partial charge in [-0.15, -0.1) is 11.3 Å². The number of hydrogen-bond donors (Lipinski definition) is 0. The van der Waals surface area contributed by atoms with E-state index in [-0.39, 0.29) is 5.91 Å². The lowest BCUT2D eigenvalue weighted by atomic mass is 10.2. The van der Waals surface area contributed by atoms with E-state index in [0.717, 1.165) is 30.7 Å². The van der Waals surface area contributed by atoms with Crippen molar-refractivity contribution in [3.05, 3.63) is 86.5 Å². The molecule has 0 spiro atoms. The summed E-state index contributed by atoms with van der Waals surface area (Å²) in [6, 6.07) is 17.7. The van der Waals surface area contributed by atoms with Crippen molar-refractivity contribution in [1.82, 2.24) is 4.98 Å². The minimum atomic E-state index is -0.248. The zero-order valence-electron chi connectivity index (χ0n) is 15.4. The fourth-order valence-electron chi connectivity index (χ4n) is 2.59. The van der Waals surface area contributed by atoms with Crippen LogP contribution in [0.3, 0.4) is 0 Å². The van der Waals surface area contributed by atoms with Crippen LogP contribution in [-0.4, -0.2) is 17.1 Å². The van der Waals surface area contributed by atoms with Crippen LogP contribution in [0, 0.1) is 6.92 Å². The molecule has 0 radical (unpaired) electrons. The van der Waals surface area contributed by atoms with Crippen LogP contribution in [0.2, 0.25) is 0 Å². The number of benzene rings is 2. The molecule has 4 nitrogen and oxygen atoms in total. The van der Waals surface area contributed by atoms with Gasteiger partial charge in [-0.25, -0.2) is 4.98 Å². The number of hydrazone groups is 1. The molecular weight excluding hydrogens is 466 g/mol. The van der Waals surface area contributed by atoms with E-state index < -0.39 is 0 Å². The van der Waals surface area contributed by atoms with Crippen LogP contribution in [0.4, 0.5) is 5.13 Å². The molecule has 4 rings (SSSR count). The average molecular weight is 482 g/mol. The molecule has 0 saturated heterocycles. The third kappa shape index (κ3) is 4.87. The standard InChI is InChI=1S/C22H16BrN3OS2/c1-15-4-10-19-20(13-15)29-22(25-19)26(21(27)11-9-18-3-2-12-28-18)24-14-16-5-7-17(23)8-6-16/h2-14H,1H3/b11-9+,24-14+. The summed E-state index contributed by atoms with van der Waals surface area (Å²) >= 11 is 6.45. The molecule has 0 bridgehead atoms. The van der Waals surface area contributed by atoms with Crippen molar-refractivity contribution in [3.63, 3.8) is 0 Å². The maximum Gasteiger partial charge on any atom is 0.273 e. The number of fused-ring (bicyclic) bond motifs is 1. The lowest BCUT2D eigenvalue weighted by molar-refractivity contribution is -0.114. The molecular formula is C22H16BrN3OS2. The summed E-state index contributed by atoms with van der Waals surface area (Å²) in [6.07, 6.45) is 5.00. The van der Waals surface area contributed by atoms with Gasteiger partial charge in [-0.3, -0.25) is 4.79 Å². The van der Waals surface area contributed by atoms with E-state index in [2.05, 4.69) is 32.1 Å². The smallest absolute Gasteiger partial charge is 0.267 e. The number of rotatable bonds is 5. The molecule has 144 valence electrons. The maximum absolute atomic E-state index is 12.9. The number of aryl methyl sites for hydroxylation is 1. The molecule has 2 aromatic carbocycles. The fraction of sp³-hybridized carbons (Fsp3) is 0.0455. The summed E-state index contributed by atoms with van der Waals surface area (Å²) in [5.41, 5.74) is 2.90. The van der Waals surface area contributed by atoms with Crippen LogP contribution in [0.1, 0.15) is 16.0 Å². The Hall–Kier alpha value is -2.61. The zero-order valence-corrected chi connectivity index (χ0v) is 18.7. The average Bonchev–Trinajstić information content (AvgIpc) is 3.37. The van der Waals surface area contributed by atoms with Gasteiger partial charge in [0.15, 0.2) is 0 Å². The summed E-state index contributed by atoms with van der Waals surface area (Å²) < 4.78 is 2.02. The Morgan fingerprint density at radius 1 is 1.17 bits per heavy atom. The van der Waals surface area contributed by atoms with Crippen molar-refractivity contribution in [2.24, 2.45) is 5.10 Å². The molecule has 7 heteroatoms. The minimum Gasteiger partial charge on any atom is -0.267 e. The predicted molar refractivity (Wildman–Crippen MR) is 127 cm³/mol. The molecule has 1 amide bonds. The second-order valence-electron chi connectivity index (χ2n) is 6.26. The van der Waals surface area contributed by atoms with Crippen LogP contribution in [-0.2, 0) is 4.79 Å². The summed E-state index contributed by atoms with van der Waals surface area (Å²) in [4.78, 5) is 18.6. The van der Waals surface area contributed by atoms with Crippen LogP contribution < -0.4 is 5.01 Å². The number of amides is 1. The van der Waals surface area contributed by atoms with Crippen LogP contribution in [0.25, 0.3) is 16.3 Å². The lowest BCUT2D eigenvalue weighted by Crippen LogP contribution is -2.23. The van der Waals surface area contributed by atoms with Gasteiger partial charge >= 0.3 is 0 Å². The monoisotopic (exact) mass is 481 g/mol. The second kappa shape index (κ2) is 8.82. The first-order valence-electron chi connectivity index (χ1n) is 8.81. The first-order chi connectivity index (χ1) is 14.1. The Kier molecular flexibility index (Phi) is 5.99. The molecule has 0 aliphatic carbocycles. The number of aromatic nitrogens is 1. The summed E-state index contributed by atoms with van der Waals surface area (Å²) in [5, 5.41) is 8.33. The van der Waals surface area contributed by atoms with E-state index in [1.807, 2.05) is 60.8 Å². The van der Waals surface area contributed by atoms with Crippen LogP contribution in [0.15, 0.2) is 75.6 Å². The van der Waals surface area contributed by atoms with E-state index in [0.29, 0.717) is 5.13 Å². The van der Waals surface area contributed by atoms with Crippen molar-refractivity contribution < 1.29 is 4.79 Å². The predicted octanol–water partition coefficient (Wildman–Crippen LogP) is 6.51. The van der Waals surface area contributed by atoms with Gasteiger partial charge in [0.1, 0.15) is 0 Å². The van der Waals surface area contributed by atoms with Crippen LogP contribution >= 0.6 is 38.6 Å². The Bertz CT molecular complexity index is 1190. The number of carbonyl (C=O) groups is 1. The quantitative estimate of drug-likeness (QED) is 0.185. The van der Waals surface area contributed by atoms with Gasteiger partial charge < -0.3 is 0 Å². The number of anilines is 1. The summed E-state index contributed by atoms with van der Waals surface area (Å²) in [7, 11) is 0. The van der Waals surface area contributed by atoms with Gasteiger partial charge in [0.2, 0.25) is 5.13 Å². The molecule has 0 atom stereocenters. The highest BCUT2D eigenvalue weighted by molar-refractivity contribution is 9.10. The molecule has 0 aliphatic rings. The van der Waals surface area contributed by atoms with Crippen molar-refractivity contribution in [3.8, 4) is 0 Å². The highest BCUT2D eigenvalue weighted by Gasteiger charge is 2.17. The Morgan fingerprint density at radius 2 is 2.00 bits per heavy atom. The van der Waals surface area contributed by atoms with E-state index >= 15 is 0 Å². The number of thiazole rings is 1. The molecule has 0 aliphatic heterocycles. The molecule has 0 saturated carbocycles. The van der Waals surface area contributed by atoms with E-state index in [9.17, 15) is 4.79 Å². The van der Waals surface area contributed by atoms with Gasteiger partial charge in [0.05, 0.1) is 16.4 Å². The topological polar surface area (TPSA) is 45.6 Å². The van der Waals surface area contributed by atoms with Crippen molar-refractivity contribution in [2.45, 2.75) is 6.92 Å². The van der Waals surface area contributed by atoms with Gasteiger partial charge in [-0.05, 0) is 59.8 Å². The number of nitrogens with zero attached hydrogens (tertiary/aromatic N) is 3. The Balaban J connectivity index is 1.68. The van der Waals surface area contributed by atoms with Gasteiger partial charge in [-0.1, -0.05) is 51.5 Å². The molecule has 0 unspecified atom stereocenters. The first-order valence-corrected chi connectivity index (χ1v) is 11.3. The first kappa shape index (κ1) is 19.7. The van der Waals surface area contributed by atoms with Crippen LogP contribution in [0.5, 0.6) is 0 Å². The SMILES string of the molecule is Cc1ccc2nc(N(/N=C/c3ccc(Br)cc3)C(=O)/C=C/c3cccs3)sc2c1. The van der Waals surface area contributed by atoms with E-state index in [1.54, 1.807) is 23.6 Å². The Labute approximate surface area is 185 Å². The highest BCUT2D eigenvalue weighted by Crippen LogP contribution is 2.30. The number of halogens is 1. The lowest BCUT2D eigenvalue weighted by Gasteiger charge is -2.11. The number of hydrogen-bond acceptors (Lipinski definition) is 5. The Morgan fingerprint density at radius 3 is 2.76 bits per heavy atom. The molecule has 4 aromatic rings. The molecule has 2 aromatic heterocycles. The minimum absolute atomic E-state index is 0.248. The molecule has 29 heavy (non-hydrogen) atoms. The van der Waals surface area contributed by atoms with E-state index in [1.165, 1.54) is 22.4 Å². The third-order valence-electron chi connectivity index (χ3n) is 4.05. The molecule has 0 N–H and O–H groups in total. The largest absolute Gasteiger partial charge is 0.273 e. The maximum atomic E-state index is 12.9. The van der Waals surface area contributed by atoms with E-state index in [4.69, 9.17) is 0 Å². The number of carbonyl (C=O) groups excluding carboxylic acids is 1. The normalized spacial score (nSPS) is 11.7. The van der Waals surface area contributed by atoms with Crippen molar-refractivity contribution in [1.29, 1.82) is 0 Å². The molecule has 2 heterocycles. The molecule has 0 fully saturated rings. The zero-order chi connectivity index (χ0) is 20.2. The van der Waals surface area contributed by atoms with Crippen molar-refractivity contribution in [2.75, 3.05) is 5.01 Å². The van der Waals surface area contributed by atoms with Gasteiger partial charge in [0, 0.05) is 15.4 Å². The summed E-state index contributed by atoms with van der Waals surface area (Å²) in [6.45, 7) is 2.04. The summed E-state index contributed by atoms with van der Waals surface area (Å²) in [5.74, 6) is -0.248. The number of thiophene rings is 1. The second-order valence-corrected chi connectivity index (χ2v) is 9.17. The van der Waals surface area contributed by atoms with Crippen molar-refractivity contribution >= 4 is 72.1 Å². The fourth-order valence-corrected chi connectivity index (χ4v) is 4.50.